The highest BCUT2D eigenvalue weighted by atomic mass is 19.1. The third-order valence-electron chi connectivity index (χ3n) is 5.19. The van der Waals surface area contributed by atoms with Crippen LogP contribution in [0.1, 0.15) is 21.5 Å². The van der Waals surface area contributed by atoms with Crippen molar-refractivity contribution in [2.75, 3.05) is 5.32 Å². The molecule has 6 nitrogen and oxygen atoms in total. The fraction of sp³-hybridized carbons (Fsp3) is 0. The molecule has 0 amide bonds. The van der Waals surface area contributed by atoms with Crippen LogP contribution >= 0.6 is 0 Å². The third-order valence-corrected chi connectivity index (χ3v) is 5.19. The number of nitrogens with zero attached hydrogens (tertiary/aromatic N) is 1. The first-order valence-corrected chi connectivity index (χ1v) is 10.3. The highest BCUT2D eigenvalue weighted by Crippen LogP contribution is 2.30. The molecule has 0 saturated heterocycles. The van der Waals surface area contributed by atoms with E-state index < -0.39 is 10.9 Å². The van der Waals surface area contributed by atoms with Gasteiger partial charge in [0.15, 0.2) is 0 Å². The quantitative estimate of drug-likeness (QED) is 0.178. The number of halogens is 1. The van der Waals surface area contributed by atoms with Gasteiger partial charge < -0.3 is 10.4 Å². The number of nitro benzene ring substituents is 1. The van der Waals surface area contributed by atoms with Gasteiger partial charge in [0.2, 0.25) is 0 Å². The highest BCUT2D eigenvalue weighted by molar-refractivity contribution is 5.94. The fourth-order valence-corrected chi connectivity index (χ4v) is 3.49. The summed E-state index contributed by atoms with van der Waals surface area (Å²) in [5.41, 5.74) is 3.45. The Morgan fingerprint density at radius 2 is 1.59 bits per heavy atom. The summed E-state index contributed by atoms with van der Waals surface area (Å²) in [6.07, 6.45) is 3.22. The second-order valence-electron chi connectivity index (χ2n) is 7.47. The zero-order valence-electron chi connectivity index (χ0n) is 17.8. The molecule has 0 aromatic heterocycles. The molecule has 2 N–H and O–H groups in total. The Kier molecular flexibility index (Phi) is 6.45. The van der Waals surface area contributed by atoms with Crippen molar-refractivity contribution in [2.24, 2.45) is 0 Å². The van der Waals surface area contributed by atoms with E-state index >= 15 is 0 Å². The summed E-state index contributed by atoms with van der Waals surface area (Å²) in [6.45, 7) is 0. The van der Waals surface area contributed by atoms with Gasteiger partial charge in [-0.15, -0.1) is 0 Å². The summed E-state index contributed by atoms with van der Waals surface area (Å²) in [5.74, 6) is -1.46. The van der Waals surface area contributed by atoms with Gasteiger partial charge in [0.1, 0.15) is 11.5 Å². The lowest BCUT2D eigenvalue weighted by Crippen LogP contribution is -2.00. The number of para-hydroxylation sites is 1. The molecule has 7 heteroatoms. The molecule has 168 valence electrons. The van der Waals surface area contributed by atoms with E-state index in [2.05, 4.69) is 5.32 Å². The van der Waals surface area contributed by atoms with Crippen molar-refractivity contribution < 1.29 is 19.2 Å². The minimum absolute atomic E-state index is 0.0824. The maximum atomic E-state index is 13.3. The van der Waals surface area contributed by atoms with E-state index in [1.165, 1.54) is 24.3 Å². The van der Waals surface area contributed by atoms with Crippen LogP contribution in [-0.4, -0.2) is 16.0 Å². The van der Waals surface area contributed by atoms with Gasteiger partial charge in [-0.3, -0.25) is 10.1 Å². The molecule has 0 unspecified atom stereocenters. The van der Waals surface area contributed by atoms with Crippen molar-refractivity contribution in [2.45, 2.75) is 0 Å². The van der Waals surface area contributed by atoms with Crippen LogP contribution in [0.4, 0.5) is 21.5 Å². The maximum Gasteiger partial charge on any atom is 0.336 e. The molecule has 0 aliphatic heterocycles. The Balaban J connectivity index is 1.67. The van der Waals surface area contributed by atoms with Crippen LogP contribution in [0.2, 0.25) is 0 Å². The molecule has 4 aromatic carbocycles. The van der Waals surface area contributed by atoms with Crippen molar-refractivity contribution in [1.82, 2.24) is 0 Å². The van der Waals surface area contributed by atoms with E-state index in [4.69, 9.17) is 0 Å². The fourth-order valence-electron chi connectivity index (χ4n) is 3.49. The molecule has 0 heterocycles. The monoisotopic (exact) mass is 454 g/mol. The number of hydrogen-bond donors (Lipinski definition) is 2. The highest BCUT2D eigenvalue weighted by Gasteiger charge is 2.15. The summed E-state index contributed by atoms with van der Waals surface area (Å²) in [6, 6.07) is 24.6. The smallest absolute Gasteiger partial charge is 0.336 e. The zero-order valence-corrected chi connectivity index (χ0v) is 17.8. The molecule has 0 radical (unpaired) electrons. The van der Waals surface area contributed by atoms with Gasteiger partial charge in [-0.2, -0.15) is 0 Å². The Morgan fingerprint density at radius 3 is 2.26 bits per heavy atom. The molecule has 0 atom stereocenters. The minimum Gasteiger partial charge on any atom is -0.478 e. The van der Waals surface area contributed by atoms with Crippen LogP contribution in [0.15, 0.2) is 91.0 Å². The lowest BCUT2D eigenvalue weighted by Gasteiger charge is -2.08. The van der Waals surface area contributed by atoms with Gasteiger partial charge in [-0.1, -0.05) is 54.6 Å². The molecule has 34 heavy (non-hydrogen) atoms. The number of benzene rings is 4. The number of hydrogen-bond acceptors (Lipinski definition) is 4. The number of nitro groups is 1. The first-order valence-electron chi connectivity index (χ1n) is 10.3. The molecule has 4 rings (SSSR count). The van der Waals surface area contributed by atoms with Gasteiger partial charge in [-0.05, 0) is 64.7 Å². The summed E-state index contributed by atoms with van der Waals surface area (Å²) in [4.78, 5) is 22.9. The largest absolute Gasteiger partial charge is 0.478 e. The molecule has 0 spiro atoms. The zero-order chi connectivity index (χ0) is 24.1. The Morgan fingerprint density at radius 1 is 0.882 bits per heavy atom. The van der Waals surface area contributed by atoms with Crippen molar-refractivity contribution in [3.63, 3.8) is 0 Å². The topological polar surface area (TPSA) is 92.5 Å². The van der Waals surface area contributed by atoms with Crippen LogP contribution in [0.25, 0.3) is 23.3 Å². The second-order valence-corrected chi connectivity index (χ2v) is 7.47. The minimum atomic E-state index is -1.10. The lowest BCUT2D eigenvalue weighted by molar-refractivity contribution is -0.383. The number of carboxylic acid groups (broad SMARTS) is 1. The average Bonchev–Trinajstić information content (AvgIpc) is 2.84. The molecule has 0 aliphatic rings. The predicted octanol–water partition coefficient (Wildman–Crippen LogP) is 7.01. The van der Waals surface area contributed by atoms with E-state index in [0.717, 1.165) is 16.8 Å². The van der Waals surface area contributed by atoms with Gasteiger partial charge in [-0.25, -0.2) is 9.18 Å². The average molecular weight is 454 g/mol. The maximum absolute atomic E-state index is 13.3. The van der Waals surface area contributed by atoms with E-state index in [-0.39, 0.29) is 17.1 Å². The molecular weight excluding hydrogens is 435 g/mol. The SMILES string of the molecule is O=C(O)c1ccc(-c2ccc(F)cc2)cc1/C=C/c1ccc(Nc2ccccc2)c([N+](=O)[O-])c1. The number of aromatic carboxylic acids is 1. The van der Waals surface area contributed by atoms with E-state index in [1.54, 1.807) is 60.7 Å². The molecule has 0 saturated carbocycles. The molecule has 0 aliphatic carbocycles. The van der Waals surface area contributed by atoms with Crippen molar-refractivity contribution in [3.05, 3.63) is 124 Å². The normalized spacial score (nSPS) is 10.9. The van der Waals surface area contributed by atoms with Crippen LogP contribution in [0.5, 0.6) is 0 Å². The number of carbonyl (C=O) groups is 1. The number of carboxylic acids is 1. The van der Waals surface area contributed by atoms with E-state index in [9.17, 15) is 24.4 Å². The van der Waals surface area contributed by atoms with Crippen molar-refractivity contribution >= 4 is 35.2 Å². The predicted molar refractivity (Wildman–Crippen MR) is 131 cm³/mol. The molecular formula is C27H19FN2O4. The third kappa shape index (κ3) is 5.16. The van der Waals surface area contributed by atoms with E-state index in [1.807, 2.05) is 18.2 Å². The van der Waals surface area contributed by atoms with Crippen molar-refractivity contribution in [1.29, 1.82) is 0 Å². The molecule has 0 bridgehead atoms. The number of anilines is 2. The molecule has 0 fully saturated rings. The summed E-state index contributed by atoms with van der Waals surface area (Å²) >= 11 is 0. The van der Waals surface area contributed by atoms with Crippen molar-refractivity contribution in [3.8, 4) is 11.1 Å². The Labute approximate surface area is 194 Å². The first kappa shape index (κ1) is 22.4. The molecule has 4 aromatic rings. The van der Waals surface area contributed by atoms with Gasteiger partial charge >= 0.3 is 5.97 Å². The van der Waals surface area contributed by atoms with Crippen LogP contribution in [-0.2, 0) is 0 Å². The lowest BCUT2D eigenvalue weighted by atomic mass is 9.98. The van der Waals surface area contributed by atoms with Crippen LogP contribution < -0.4 is 5.32 Å². The standard InChI is InChI=1S/C27H19FN2O4/c28-22-12-9-19(10-13-22)20-11-14-24(27(31)32)21(17-20)8-6-18-7-15-25(26(16-18)30(33)34)29-23-4-2-1-3-5-23/h1-17,29H,(H,31,32)/b8-6+. The Bertz CT molecular complexity index is 1380. The first-order chi connectivity index (χ1) is 16.4. The summed E-state index contributed by atoms with van der Waals surface area (Å²) in [7, 11) is 0. The number of rotatable bonds is 7. The van der Waals surface area contributed by atoms with Crippen LogP contribution in [0.3, 0.4) is 0 Å². The number of nitrogens with one attached hydrogen (secondary N) is 1. The Hall–Kier alpha value is -4.78. The summed E-state index contributed by atoms with van der Waals surface area (Å²) < 4.78 is 13.3. The van der Waals surface area contributed by atoms with Gasteiger partial charge in [0.25, 0.3) is 5.69 Å². The second kappa shape index (κ2) is 9.79. The van der Waals surface area contributed by atoms with Crippen LogP contribution in [0, 0.1) is 15.9 Å². The van der Waals surface area contributed by atoms with Gasteiger partial charge in [0.05, 0.1) is 10.5 Å². The summed E-state index contributed by atoms with van der Waals surface area (Å²) in [5, 5.41) is 24.3. The van der Waals surface area contributed by atoms with Gasteiger partial charge in [0, 0.05) is 11.8 Å². The van der Waals surface area contributed by atoms with E-state index in [0.29, 0.717) is 16.8 Å².